The first kappa shape index (κ1) is 15.5. The Kier molecular flexibility index (Phi) is 4.28. The molecule has 0 radical (unpaired) electrons. The molecule has 23 heavy (non-hydrogen) atoms. The molecule has 116 valence electrons. The van der Waals surface area contributed by atoms with E-state index in [9.17, 15) is 8.42 Å². The minimum atomic E-state index is -3.80. The molecule has 0 spiro atoms. The van der Waals surface area contributed by atoms with Crippen LogP contribution in [-0.4, -0.2) is 8.42 Å². The number of hydrogen-bond donors (Lipinski definition) is 1. The standard InChI is InChI=1S/C19H17NO2S/c20-23(21,22)18-13-7-12-17(14-15-8-3-1-4-9-15)19(18)16-10-5-2-6-11-16/h1-13H,14H2,(H2,20,21,22). The molecule has 0 aliphatic carbocycles. The predicted molar refractivity (Wildman–Crippen MR) is 92.5 cm³/mol. The first-order valence-corrected chi connectivity index (χ1v) is 8.84. The van der Waals surface area contributed by atoms with Crippen molar-refractivity contribution in [2.24, 2.45) is 5.14 Å². The van der Waals surface area contributed by atoms with Crippen LogP contribution in [0.3, 0.4) is 0 Å². The summed E-state index contributed by atoms with van der Waals surface area (Å²) in [4.78, 5) is 0.164. The van der Waals surface area contributed by atoms with Gasteiger partial charge in [-0.2, -0.15) is 0 Å². The third kappa shape index (κ3) is 3.50. The average Bonchev–Trinajstić information content (AvgIpc) is 2.56. The molecule has 2 N–H and O–H groups in total. The molecule has 0 bridgehead atoms. The maximum absolute atomic E-state index is 12.0. The smallest absolute Gasteiger partial charge is 0.225 e. The van der Waals surface area contributed by atoms with E-state index >= 15 is 0 Å². The van der Waals surface area contributed by atoms with Crippen molar-refractivity contribution in [3.63, 3.8) is 0 Å². The molecular formula is C19H17NO2S. The van der Waals surface area contributed by atoms with Crippen LogP contribution < -0.4 is 5.14 Å². The fraction of sp³-hybridized carbons (Fsp3) is 0.0526. The molecule has 3 rings (SSSR count). The van der Waals surface area contributed by atoms with Crippen molar-refractivity contribution >= 4 is 10.0 Å². The van der Waals surface area contributed by atoms with Crippen molar-refractivity contribution < 1.29 is 8.42 Å². The molecule has 0 saturated carbocycles. The summed E-state index contributed by atoms with van der Waals surface area (Å²) in [6.45, 7) is 0. The summed E-state index contributed by atoms with van der Waals surface area (Å²) in [5, 5.41) is 5.43. The second kappa shape index (κ2) is 6.36. The Labute approximate surface area is 136 Å². The zero-order chi connectivity index (χ0) is 16.3. The molecule has 0 heterocycles. The van der Waals surface area contributed by atoms with Gasteiger partial charge in [-0.15, -0.1) is 0 Å². The van der Waals surface area contributed by atoms with Gasteiger partial charge in [0.25, 0.3) is 0 Å². The van der Waals surface area contributed by atoms with Crippen LogP contribution in [0.4, 0.5) is 0 Å². The highest BCUT2D eigenvalue weighted by atomic mass is 32.2. The highest BCUT2D eigenvalue weighted by Crippen LogP contribution is 2.31. The number of sulfonamides is 1. The molecule has 3 nitrogen and oxygen atoms in total. The van der Waals surface area contributed by atoms with Crippen LogP contribution in [0, 0.1) is 0 Å². The SMILES string of the molecule is NS(=O)(=O)c1cccc(Cc2ccccc2)c1-c1ccccc1. The van der Waals surface area contributed by atoms with E-state index in [1.807, 2.05) is 66.7 Å². The Balaban J connectivity index is 2.20. The summed E-state index contributed by atoms with van der Waals surface area (Å²) >= 11 is 0. The minimum Gasteiger partial charge on any atom is -0.225 e. The van der Waals surface area contributed by atoms with Crippen LogP contribution in [0.1, 0.15) is 11.1 Å². The monoisotopic (exact) mass is 323 g/mol. The van der Waals surface area contributed by atoms with Crippen molar-refractivity contribution in [1.82, 2.24) is 0 Å². The van der Waals surface area contributed by atoms with Crippen LogP contribution in [0.15, 0.2) is 83.8 Å². The Hall–Kier alpha value is -2.43. The molecular weight excluding hydrogens is 306 g/mol. The molecule has 3 aromatic carbocycles. The number of benzene rings is 3. The van der Waals surface area contributed by atoms with E-state index in [0.717, 1.165) is 16.7 Å². The van der Waals surface area contributed by atoms with Crippen LogP contribution in [0.5, 0.6) is 0 Å². The Morgan fingerprint density at radius 2 is 1.35 bits per heavy atom. The molecule has 0 amide bonds. The highest BCUT2D eigenvalue weighted by Gasteiger charge is 2.18. The maximum Gasteiger partial charge on any atom is 0.238 e. The third-order valence-corrected chi connectivity index (χ3v) is 4.67. The van der Waals surface area contributed by atoms with E-state index in [4.69, 9.17) is 5.14 Å². The molecule has 0 atom stereocenters. The second-order valence-corrected chi connectivity index (χ2v) is 6.89. The largest absolute Gasteiger partial charge is 0.238 e. The van der Waals surface area contributed by atoms with Crippen molar-refractivity contribution in [1.29, 1.82) is 0 Å². The topological polar surface area (TPSA) is 60.2 Å². The van der Waals surface area contributed by atoms with Gasteiger partial charge in [0.05, 0.1) is 4.90 Å². The van der Waals surface area contributed by atoms with Gasteiger partial charge in [0, 0.05) is 5.56 Å². The Bertz CT molecular complexity index is 905. The van der Waals surface area contributed by atoms with Gasteiger partial charge < -0.3 is 0 Å². The number of rotatable bonds is 4. The molecule has 0 fully saturated rings. The predicted octanol–water partition coefficient (Wildman–Crippen LogP) is 3.59. The van der Waals surface area contributed by atoms with Crippen molar-refractivity contribution in [2.75, 3.05) is 0 Å². The first-order chi connectivity index (χ1) is 11.1. The van der Waals surface area contributed by atoms with Crippen molar-refractivity contribution in [3.05, 3.63) is 90.0 Å². The lowest BCUT2D eigenvalue weighted by Crippen LogP contribution is -2.14. The summed E-state index contributed by atoms with van der Waals surface area (Å²) in [7, 11) is -3.80. The summed E-state index contributed by atoms with van der Waals surface area (Å²) < 4.78 is 24.0. The van der Waals surface area contributed by atoms with Crippen LogP contribution in [0.2, 0.25) is 0 Å². The van der Waals surface area contributed by atoms with Gasteiger partial charge in [-0.05, 0) is 29.2 Å². The molecule has 0 saturated heterocycles. The van der Waals surface area contributed by atoms with Crippen LogP contribution >= 0.6 is 0 Å². The zero-order valence-electron chi connectivity index (χ0n) is 12.5. The van der Waals surface area contributed by atoms with E-state index in [2.05, 4.69) is 0 Å². The van der Waals surface area contributed by atoms with E-state index in [1.165, 1.54) is 0 Å². The van der Waals surface area contributed by atoms with E-state index in [-0.39, 0.29) is 4.90 Å². The molecule has 0 unspecified atom stereocenters. The molecule has 4 heteroatoms. The lowest BCUT2D eigenvalue weighted by molar-refractivity contribution is 0.598. The van der Waals surface area contributed by atoms with Gasteiger partial charge in [0.2, 0.25) is 10.0 Å². The number of primary sulfonamides is 1. The van der Waals surface area contributed by atoms with Crippen molar-refractivity contribution in [3.8, 4) is 11.1 Å². The quantitative estimate of drug-likeness (QED) is 0.797. The third-order valence-electron chi connectivity index (χ3n) is 3.72. The van der Waals surface area contributed by atoms with Crippen LogP contribution in [-0.2, 0) is 16.4 Å². The lowest BCUT2D eigenvalue weighted by atomic mass is 9.95. The Morgan fingerprint density at radius 3 is 1.96 bits per heavy atom. The van der Waals surface area contributed by atoms with E-state index in [0.29, 0.717) is 12.0 Å². The summed E-state index contributed by atoms with van der Waals surface area (Å²) in [5.74, 6) is 0. The van der Waals surface area contributed by atoms with E-state index in [1.54, 1.807) is 12.1 Å². The minimum absolute atomic E-state index is 0.164. The van der Waals surface area contributed by atoms with Gasteiger partial charge in [0.1, 0.15) is 0 Å². The van der Waals surface area contributed by atoms with Gasteiger partial charge in [-0.3, -0.25) is 0 Å². The second-order valence-electron chi connectivity index (χ2n) is 5.36. The van der Waals surface area contributed by atoms with Crippen LogP contribution in [0.25, 0.3) is 11.1 Å². The normalized spacial score (nSPS) is 11.3. The number of nitrogens with two attached hydrogens (primary N) is 1. The fourth-order valence-corrected chi connectivity index (χ4v) is 3.51. The summed E-state index contributed by atoms with van der Waals surface area (Å²) in [5.41, 5.74) is 3.59. The summed E-state index contributed by atoms with van der Waals surface area (Å²) in [6, 6.07) is 24.7. The molecule has 0 aromatic heterocycles. The van der Waals surface area contributed by atoms with E-state index < -0.39 is 10.0 Å². The molecule has 3 aromatic rings. The summed E-state index contributed by atoms with van der Waals surface area (Å²) in [6.07, 6.45) is 0.647. The zero-order valence-corrected chi connectivity index (χ0v) is 13.3. The molecule has 0 aliphatic rings. The lowest BCUT2D eigenvalue weighted by Gasteiger charge is -2.14. The van der Waals surface area contributed by atoms with Crippen molar-refractivity contribution in [2.45, 2.75) is 11.3 Å². The van der Waals surface area contributed by atoms with Gasteiger partial charge in [-0.25, -0.2) is 13.6 Å². The Morgan fingerprint density at radius 1 is 0.739 bits per heavy atom. The van der Waals surface area contributed by atoms with Gasteiger partial charge in [0.15, 0.2) is 0 Å². The highest BCUT2D eigenvalue weighted by molar-refractivity contribution is 7.89. The maximum atomic E-state index is 12.0. The first-order valence-electron chi connectivity index (χ1n) is 7.30. The molecule has 0 aliphatic heterocycles. The fourth-order valence-electron chi connectivity index (χ4n) is 2.71. The van der Waals surface area contributed by atoms with Gasteiger partial charge >= 0.3 is 0 Å². The average molecular weight is 323 g/mol. The number of hydrogen-bond acceptors (Lipinski definition) is 2. The van der Waals surface area contributed by atoms with Gasteiger partial charge in [-0.1, -0.05) is 72.8 Å².